The van der Waals surface area contributed by atoms with Crippen LogP contribution in [-0.2, 0) is 11.2 Å². The molecule has 0 aliphatic carbocycles. The molecule has 0 radical (unpaired) electrons. The Bertz CT molecular complexity index is 466. The smallest absolute Gasteiger partial charge is 0.220 e. The molecule has 110 valence electrons. The minimum absolute atomic E-state index is 0.00986. The summed E-state index contributed by atoms with van der Waals surface area (Å²) in [6.45, 7) is 6.64. The molecule has 2 unspecified atom stereocenters. The van der Waals surface area contributed by atoms with E-state index in [1.54, 1.807) is 7.11 Å². The van der Waals surface area contributed by atoms with E-state index in [1.807, 2.05) is 12.1 Å². The Balaban J connectivity index is 2.13. The Morgan fingerprint density at radius 3 is 2.55 bits per heavy atom. The Morgan fingerprint density at radius 2 is 2.00 bits per heavy atom. The van der Waals surface area contributed by atoms with Gasteiger partial charge in [-0.25, -0.2) is 0 Å². The molecule has 1 aliphatic heterocycles. The zero-order valence-corrected chi connectivity index (χ0v) is 12.9. The zero-order valence-electron chi connectivity index (χ0n) is 12.9. The SMILES string of the molecule is COc1ccc(CC2(C)CC(=O)NC2CC(C)C)cc1. The lowest BCUT2D eigenvalue weighted by molar-refractivity contribution is -0.119. The van der Waals surface area contributed by atoms with Gasteiger partial charge in [0.15, 0.2) is 0 Å². The molecule has 2 rings (SSSR count). The van der Waals surface area contributed by atoms with Crippen molar-refractivity contribution in [1.29, 1.82) is 0 Å². The maximum atomic E-state index is 11.8. The molecule has 1 heterocycles. The van der Waals surface area contributed by atoms with Gasteiger partial charge in [-0.3, -0.25) is 4.79 Å². The van der Waals surface area contributed by atoms with E-state index in [1.165, 1.54) is 5.56 Å². The molecule has 1 aromatic rings. The van der Waals surface area contributed by atoms with E-state index in [0.717, 1.165) is 18.6 Å². The molecule has 1 N–H and O–H groups in total. The van der Waals surface area contributed by atoms with Gasteiger partial charge in [0, 0.05) is 17.9 Å². The van der Waals surface area contributed by atoms with Crippen LogP contribution < -0.4 is 10.1 Å². The van der Waals surface area contributed by atoms with E-state index >= 15 is 0 Å². The number of carbonyl (C=O) groups is 1. The molecule has 3 nitrogen and oxygen atoms in total. The van der Waals surface area contributed by atoms with E-state index in [-0.39, 0.29) is 17.4 Å². The molecule has 0 saturated carbocycles. The first-order valence-electron chi connectivity index (χ1n) is 7.35. The van der Waals surface area contributed by atoms with E-state index in [2.05, 4.69) is 38.2 Å². The largest absolute Gasteiger partial charge is 0.497 e. The van der Waals surface area contributed by atoms with Crippen LogP contribution >= 0.6 is 0 Å². The topological polar surface area (TPSA) is 38.3 Å². The van der Waals surface area contributed by atoms with Gasteiger partial charge in [-0.1, -0.05) is 32.9 Å². The van der Waals surface area contributed by atoms with Crippen molar-refractivity contribution in [3.05, 3.63) is 29.8 Å². The second-order valence-corrected chi connectivity index (χ2v) is 6.61. The highest BCUT2D eigenvalue weighted by Crippen LogP contribution is 2.38. The molecular formula is C17H25NO2. The van der Waals surface area contributed by atoms with Gasteiger partial charge in [0.1, 0.15) is 5.75 Å². The lowest BCUT2D eigenvalue weighted by atomic mass is 9.74. The van der Waals surface area contributed by atoms with Crippen LogP contribution in [-0.4, -0.2) is 19.1 Å². The molecule has 20 heavy (non-hydrogen) atoms. The van der Waals surface area contributed by atoms with Crippen molar-refractivity contribution in [2.45, 2.75) is 46.1 Å². The molecule has 1 amide bonds. The van der Waals surface area contributed by atoms with Crippen LogP contribution in [0.5, 0.6) is 5.75 Å². The highest BCUT2D eigenvalue weighted by Gasteiger charge is 2.42. The first kappa shape index (κ1) is 14.9. The number of amides is 1. The predicted octanol–water partition coefficient (Wildman–Crippen LogP) is 3.18. The molecule has 1 saturated heterocycles. The number of rotatable bonds is 5. The maximum absolute atomic E-state index is 11.8. The molecule has 1 fully saturated rings. The zero-order chi connectivity index (χ0) is 14.8. The van der Waals surface area contributed by atoms with E-state index < -0.39 is 0 Å². The molecule has 3 heteroatoms. The number of carbonyl (C=O) groups excluding carboxylic acids is 1. The van der Waals surface area contributed by atoms with Gasteiger partial charge in [-0.05, 0) is 36.5 Å². The second-order valence-electron chi connectivity index (χ2n) is 6.61. The fourth-order valence-corrected chi connectivity index (χ4v) is 3.12. The lowest BCUT2D eigenvalue weighted by Crippen LogP contribution is -2.37. The molecule has 0 aromatic heterocycles. The van der Waals surface area contributed by atoms with Crippen molar-refractivity contribution in [3.63, 3.8) is 0 Å². The molecular weight excluding hydrogens is 250 g/mol. The fourth-order valence-electron chi connectivity index (χ4n) is 3.12. The van der Waals surface area contributed by atoms with E-state index in [9.17, 15) is 4.79 Å². The molecule has 1 aliphatic rings. The van der Waals surface area contributed by atoms with Crippen molar-refractivity contribution in [2.24, 2.45) is 11.3 Å². The molecule has 0 spiro atoms. The summed E-state index contributed by atoms with van der Waals surface area (Å²) in [5, 5.41) is 3.15. The summed E-state index contributed by atoms with van der Waals surface area (Å²) < 4.78 is 5.19. The predicted molar refractivity (Wildman–Crippen MR) is 80.8 cm³/mol. The van der Waals surface area contributed by atoms with Crippen molar-refractivity contribution in [2.75, 3.05) is 7.11 Å². The van der Waals surface area contributed by atoms with Gasteiger partial charge >= 0.3 is 0 Å². The van der Waals surface area contributed by atoms with Gasteiger partial charge < -0.3 is 10.1 Å². The number of hydrogen-bond acceptors (Lipinski definition) is 2. The number of methoxy groups -OCH3 is 1. The van der Waals surface area contributed by atoms with Crippen LogP contribution in [0.25, 0.3) is 0 Å². The number of ether oxygens (including phenoxy) is 1. The maximum Gasteiger partial charge on any atom is 0.220 e. The van der Waals surface area contributed by atoms with Crippen molar-refractivity contribution < 1.29 is 9.53 Å². The number of hydrogen-bond donors (Lipinski definition) is 1. The summed E-state index contributed by atoms with van der Waals surface area (Å²) in [6.07, 6.45) is 2.59. The standard InChI is InChI=1S/C17H25NO2/c1-12(2)9-15-17(3,11-16(19)18-15)10-13-5-7-14(20-4)8-6-13/h5-8,12,15H,9-11H2,1-4H3,(H,18,19). The van der Waals surface area contributed by atoms with Crippen LogP contribution in [0.3, 0.4) is 0 Å². The number of benzene rings is 1. The summed E-state index contributed by atoms with van der Waals surface area (Å²) in [5.41, 5.74) is 1.27. The summed E-state index contributed by atoms with van der Waals surface area (Å²) in [4.78, 5) is 11.8. The summed E-state index contributed by atoms with van der Waals surface area (Å²) in [6, 6.07) is 8.44. The van der Waals surface area contributed by atoms with Gasteiger partial charge in [-0.2, -0.15) is 0 Å². The molecule has 1 aromatic carbocycles. The van der Waals surface area contributed by atoms with Gasteiger partial charge in [0.05, 0.1) is 7.11 Å². The lowest BCUT2D eigenvalue weighted by Gasteiger charge is -2.31. The van der Waals surface area contributed by atoms with Gasteiger partial charge in [0.2, 0.25) is 5.91 Å². The highest BCUT2D eigenvalue weighted by molar-refractivity contribution is 5.80. The van der Waals surface area contributed by atoms with Gasteiger partial charge in [0.25, 0.3) is 0 Å². The fraction of sp³-hybridized carbons (Fsp3) is 0.588. The van der Waals surface area contributed by atoms with E-state index in [0.29, 0.717) is 12.3 Å². The van der Waals surface area contributed by atoms with Crippen LogP contribution in [0.1, 0.15) is 39.2 Å². The van der Waals surface area contributed by atoms with Crippen LogP contribution in [0.15, 0.2) is 24.3 Å². The third-order valence-corrected chi connectivity index (χ3v) is 4.21. The van der Waals surface area contributed by atoms with Crippen molar-refractivity contribution in [1.82, 2.24) is 5.32 Å². The van der Waals surface area contributed by atoms with Crippen molar-refractivity contribution in [3.8, 4) is 5.75 Å². The molecule has 0 bridgehead atoms. The minimum Gasteiger partial charge on any atom is -0.497 e. The Hall–Kier alpha value is -1.51. The minimum atomic E-state index is 0.00986. The average molecular weight is 275 g/mol. The van der Waals surface area contributed by atoms with Gasteiger partial charge in [-0.15, -0.1) is 0 Å². The molecule has 2 atom stereocenters. The van der Waals surface area contributed by atoms with Crippen molar-refractivity contribution >= 4 is 5.91 Å². The van der Waals surface area contributed by atoms with E-state index in [4.69, 9.17) is 4.74 Å². The Labute approximate surface area is 121 Å². The first-order valence-corrected chi connectivity index (χ1v) is 7.35. The van der Waals surface area contributed by atoms with Crippen LogP contribution in [0.4, 0.5) is 0 Å². The Morgan fingerprint density at radius 1 is 1.35 bits per heavy atom. The highest BCUT2D eigenvalue weighted by atomic mass is 16.5. The van der Waals surface area contributed by atoms with Crippen LogP contribution in [0.2, 0.25) is 0 Å². The summed E-state index contributed by atoms with van der Waals surface area (Å²) >= 11 is 0. The monoisotopic (exact) mass is 275 g/mol. The summed E-state index contributed by atoms with van der Waals surface area (Å²) in [5.74, 6) is 1.65. The normalized spacial score (nSPS) is 25.9. The average Bonchev–Trinajstić information content (AvgIpc) is 2.64. The first-order chi connectivity index (χ1) is 9.43. The third kappa shape index (κ3) is 3.33. The number of nitrogens with one attached hydrogen (secondary N) is 1. The third-order valence-electron chi connectivity index (χ3n) is 4.21. The summed E-state index contributed by atoms with van der Waals surface area (Å²) in [7, 11) is 1.68. The van der Waals surface area contributed by atoms with Crippen LogP contribution in [0, 0.1) is 11.3 Å². The quantitative estimate of drug-likeness (QED) is 0.896. The second kappa shape index (κ2) is 5.86. The Kier molecular flexibility index (Phi) is 4.36.